The third-order valence-corrected chi connectivity index (χ3v) is 8.59. The Balaban J connectivity index is 1.18. The number of pyridine rings is 1. The van der Waals surface area contributed by atoms with E-state index in [1.807, 2.05) is 24.4 Å². The van der Waals surface area contributed by atoms with Crippen LogP contribution in [-0.4, -0.2) is 59.8 Å². The molecule has 9 nitrogen and oxygen atoms in total. The number of amides is 1. The molecule has 6 rings (SSSR count). The number of nitrogens with one attached hydrogen (secondary N) is 2. The number of hydrogen-bond donors (Lipinski definition) is 3. The van der Waals surface area contributed by atoms with Crippen molar-refractivity contribution >= 4 is 5.91 Å². The highest BCUT2D eigenvalue weighted by atomic mass is 16.7. The summed E-state index contributed by atoms with van der Waals surface area (Å²) in [5.74, 6) is 2.45. The summed E-state index contributed by atoms with van der Waals surface area (Å²) in [5.41, 5.74) is 3.02. The SMILES string of the molecule is CC(C)Cc1cnc2c(c1)[C@@H](NC[C@@H](O)[C@H](Cc1ccc3c(c1)OCO3)NC(=O)C1CCCO1)CC1(CCC1)O2. The number of benzene rings is 1. The molecule has 0 radical (unpaired) electrons. The molecule has 4 atom stereocenters. The maximum Gasteiger partial charge on any atom is 0.249 e. The van der Waals surface area contributed by atoms with Crippen molar-refractivity contribution in [3.63, 3.8) is 0 Å². The van der Waals surface area contributed by atoms with E-state index in [4.69, 9.17) is 23.9 Å². The Hall–Kier alpha value is -2.88. The van der Waals surface area contributed by atoms with Crippen molar-refractivity contribution in [2.24, 2.45) is 5.92 Å². The Morgan fingerprint density at radius 2 is 1.98 bits per heavy atom. The average Bonchev–Trinajstić information content (AvgIpc) is 3.62. The smallest absolute Gasteiger partial charge is 0.249 e. The summed E-state index contributed by atoms with van der Waals surface area (Å²) >= 11 is 0. The van der Waals surface area contributed by atoms with Gasteiger partial charge in [-0.15, -0.1) is 0 Å². The molecule has 1 amide bonds. The van der Waals surface area contributed by atoms with Gasteiger partial charge in [0, 0.05) is 37.4 Å². The molecule has 40 heavy (non-hydrogen) atoms. The van der Waals surface area contributed by atoms with Crippen LogP contribution in [0.3, 0.4) is 0 Å². The van der Waals surface area contributed by atoms with Gasteiger partial charge in [0.2, 0.25) is 18.6 Å². The maximum absolute atomic E-state index is 13.0. The Kier molecular flexibility index (Phi) is 7.88. The van der Waals surface area contributed by atoms with Gasteiger partial charge in [-0.1, -0.05) is 19.9 Å². The van der Waals surface area contributed by atoms with Crippen LogP contribution < -0.4 is 24.8 Å². The number of aromatic nitrogens is 1. The summed E-state index contributed by atoms with van der Waals surface area (Å²) in [7, 11) is 0. The van der Waals surface area contributed by atoms with Crippen molar-refractivity contribution in [3.8, 4) is 17.4 Å². The van der Waals surface area contributed by atoms with Gasteiger partial charge in [-0.05, 0) is 80.2 Å². The van der Waals surface area contributed by atoms with Crippen LogP contribution in [0.4, 0.5) is 0 Å². The zero-order valence-corrected chi connectivity index (χ0v) is 23.5. The first-order valence-electron chi connectivity index (χ1n) is 14.8. The number of fused-ring (bicyclic) bond motifs is 2. The number of carbonyl (C=O) groups is 1. The predicted octanol–water partition coefficient (Wildman–Crippen LogP) is 3.61. The molecule has 1 aromatic heterocycles. The van der Waals surface area contributed by atoms with Crippen LogP contribution in [0.25, 0.3) is 0 Å². The molecule has 1 unspecified atom stereocenters. The molecule has 2 fully saturated rings. The number of carbonyl (C=O) groups excluding carboxylic acids is 1. The first kappa shape index (κ1) is 27.3. The highest BCUT2D eigenvalue weighted by molar-refractivity contribution is 5.81. The summed E-state index contributed by atoms with van der Waals surface area (Å²) < 4.78 is 23.0. The molecule has 2 aromatic rings. The van der Waals surface area contributed by atoms with Crippen molar-refractivity contribution in [3.05, 3.63) is 47.2 Å². The average molecular weight is 552 g/mol. The van der Waals surface area contributed by atoms with Crippen molar-refractivity contribution in [1.82, 2.24) is 15.6 Å². The van der Waals surface area contributed by atoms with E-state index < -0.39 is 18.2 Å². The predicted molar refractivity (Wildman–Crippen MR) is 149 cm³/mol. The molecule has 216 valence electrons. The van der Waals surface area contributed by atoms with E-state index in [1.54, 1.807) is 0 Å². The third-order valence-electron chi connectivity index (χ3n) is 8.59. The molecule has 4 aliphatic rings. The minimum Gasteiger partial charge on any atom is -0.471 e. The van der Waals surface area contributed by atoms with Crippen molar-refractivity contribution in [1.29, 1.82) is 0 Å². The van der Waals surface area contributed by atoms with E-state index in [1.165, 1.54) is 5.56 Å². The quantitative estimate of drug-likeness (QED) is 0.411. The van der Waals surface area contributed by atoms with Crippen molar-refractivity contribution in [2.45, 2.75) is 95.1 Å². The number of nitrogens with zero attached hydrogens (tertiary/aromatic N) is 1. The lowest BCUT2D eigenvalue weighted by molar-refractivity contribution is -0.131. The van der Waals surface area contributed by atoms with E-state index in [2.05, 4.69) is 30.5 Å². The standard InChI is InChI=1S/C31H41N3O6/c1-19(2)11-21-12-22-24(15-31(8-4-9-31)40-30(22)33-16-21)32-17-25(35)23(34-29(36)27-5-3-10-37-27)13-20-6-7-26-28(14-20)39-18-38-26/h6-7,12,14,16,19,23-25,27,32,35H,3-5,8-11,13,15,17-18H2,1-2H3,(H,34,36)/t23-,24-,25+,27?/m0/s1. The van der Waals surface area contributed by atoms with Crippen LogP contribution in [0.15, 0.2) is 30.5 Å². The van der Waals surface area contributed by atoms with Gasteiger partial charge in [-0.25, -0.2) is 4.98 Å². The first-order chi connectivity index (χ1) is 19.4. The minimum absolute atomic E-state index is 0.0124. The van der Waals surface area contributed by atoms with Gasteiger partial charge < -0.3 is 34.7 Å². The second-order valence-electron chi connectivity index (χ2n) is 12.2. The van der Waals surface area contributed by atoms with Crippen LogP contribution in [0.2, 0.25) is 0 Å². The Bertz CT molecular complexity index is 1210. The van der Waals surface area contributed by atoms with Crippen LogP contribution in [0.5, 0.6) is 17.4 Å². The molecule has 3 N–H and O–H groups in total. The normalized spacial score (nSPS) is 23.8. The molecule has 0 bridgehead atoms. The molecule has 1 spiro atoms. The van der Waals surface area contributed by atoms with Crippen molar-refractivity contribution in [2.75, 3.05) is 19.9 Å². The molecular weight excluding hydrogens is 510 g/mol. The lowest BCUT2D eigenvalue weighted by Crippen LogP contribution is -2.53. The molecule has 1 saturated heterocycles. The molecular formula is C31H41N3O6. The van der Waals surface area contributed by atoms with Gasteiger partial charge in [0.15, 0.2) is 11.5 Å². The van der Waals surface area contributed by atoms with Gasteiger partial charge in [0.05, 0.1) is 12.1 Å². The third kappa shape index (κ3) is 5.92. The monoisotopic (exact) mass is 551 g/mol. The van der Waals surface area contributed by atoms with E-state index in [0.717, 1.165) is 49.7 Å². The van der Waals surface area contributed by atoms with Crippen LogP contribution in [0, 0.1) is 5.92 Å². The van der Waals surface area contributed by atoms with Gasteiger partial charge >= 0.3 is 0 Å². The fraction of sp³-hybridized carbons (Fsp3) is 0.613. The second kappa shape index (κ2) is 11.5. The highest BCUT2D eigenvalue weighted by Crippen LogP contribution is 2.48. The zero-order valence-electron chi connectivity index (χ0n) is 23.5. The number of aliphatic hydroxyl groups is 1. The number of hydrogen-bond acceptors (Lipinski definition) is 8. The van der Waals surface area contributed by atoms with E-state index in [-0.39, 0.29) is 24.3 Å². The summed E-state index contributed by atoms with van der Waals surface area (Å²) in [6.45, 7) is 5.52. The number of rotatable bonds is 10. The summed E-state index contributed by atoms with van der Waals surface area (Å²) in [6.07, 6.45) is 7.65. The van der Waals surface area contributed by atoms with Crippen LogP contribution in [-0.2, 0) is 22.4 Å². The summed E-state index contributed by atoms with van der Waals surface area (Å²) in [6, 6.07) is 7.47. The Morgan fingerprint density at radius 3 is 2.73 bits per heavy atom. The molecule has 1 saturated carbocycles. The lowest BCUT2D eigenvalue weighted by Gasteiger charge is -2.47. The van der Waals surface area contributed by atoms with Gasteiger partial charge in [-0.2, -0.15) is 0 Å². The largest absolute Gasteiger partial charge is 0.471 e. The Morgan fingerprint density at radius 1 is 1.12 bits per heavy atom. The lowest BCUT2D eigenvalue weighted by atomic mass is 9.73. The fourth-order valence-corrected chi connectivity index (χ4v) is 6.29. The minimum atomic E-state index is -0.828. The molecule has 4 heterocycles. The summed E-state index contributed by atoms with van der Waals surface area (Å²) in [5, 5.41) is 18.2. The fourth-order valence-electron chi connectivity index (χ4n) is 6.29. The van der Waals surface area contributed by atoms with Gasteiger partial charge in [-0.3, -0.25) is 4.79 Å². The van der Waals surface area contributed by atoms with Crippen LogP contribution >= 0.6 is 0 Å². The Labute approximate surface area is 235 Å². The molecule has 1 aromatic carbocycles. The molecule has 3 aliphatic heterocycles. The highest BCUT2D eigenvalue weighted by Gasteiger charge is 2.46. The van der Waals surface area contributed by atoms with Crippen LogP contribution in [0.1, 0.15) is 75.1 Å². The van der Waals surface area contributed by atoms with Gasteiger partial charge in [0.25, 0.3) is 0 Å². The second-order valence-corrected chi connectivity index (χ2v) is 12.2. The molecule has 1 aliphatic carbocycles. The van der Waals surface area contributed by atoms with E-state index in [0.29, 0.717) is 49.3 Å². The van der Waals surface area contributed by atoms with E-state index in [9.17, 15) is 9.90 Å². The number of aliphatic hydroxyl groups excluding tert-OH is 1. The first-order valence-corrected chi connectivity index (χ1v) is 14.8. The molecule has 9 heteroatoms. The van der Waals surface area contributed by atoms with Crippen molar-refractivity contribution < 1.29 is 28.8 Å². The topological polar surface area (TPSA) is 111 Å². The van der Waals surface area contributed by atoms with Gasteiger partial charge in [0.1, 0.15) is 11.7 Å². The zero-order chi connectivity index (χ0) is 27.7. The maximum atomic E-state index is 13.0. The number of ether oxygens (including phenoxy) is 4. The van der Waals surface area contributed by atoms with E-state index >= 15 is 0 Å². The summed E-state index contributed by atoms with van der Waals surface area (Å²) in [4.78, 5) is 17.7.